The fourth-order valence-corrected chi connectivity index (χ4v) is 4.19. The molecule has 2 heterocycles. The van der Waals surface area contributed by atoms with Crippen LogP contribution in [0.1, 0.15) is 41.0 Å². The molecule has 1 aliphatic heterocycles. The Labute approximate surface area is 177 Å². The van der Waals surface area contributed by atoms with E-state index in [-0.39, 0.29) is 5.78 Å². The molecule has 5 heteroatoms. The minimum Gasteiger partial charge on any atom is -0.493 e. The van der Waals surface area contributed by atoms with Crippen LogP contribution >= 0.6 is 0 Å². The first-order valence-corrected chi connectivity index (χ1v) is 10.5. The average Bonchev–Trinajstić information content (AvgIpc) is 2.93. The number of ether oxygens (including phenoxy) is 2. The lowest BCUT2D eigenvalue weighted by Crippen LogP contribution is -2.40. The lowest BCUT2D eigenvalue weighted by Gasteiger charge is -2.09. The molecule has 0 aliphatic carbocycles. The van der Waals surface area contributed by atoms with Crippen molar-refractivity contribution >= 4 is 5.78 Å². The molecule has 156 valence electrons. The smallest absolute Gasteiger partial charge is 0.257 e. The number of methoxy groups -OCH3 is 2. The van der Waals surface area contributed by atoms with Crippen LogP contribution in [0.15, 0.2) is 48.7 Å². The van der Waals surface area contributed by atoms with E-state index in [9.17, 15) is 4.79 Å². The van der Waals surface area contributed by atoms with Crippen molar-refractivity contribution in [2.24, 2.45) is 0 Å². The number of aryl methyl sites for hydroxylation is 1. The van der Waals surface area contributed by atoms with Crippen LogP contribution in [0.5, 0.6) is 11.5 Å². The summed E-state index contributed by atoms with van der Waals surface area (Å²) in [6.45, 7) is 3.35. The molecule has 0 radical (unpaired) electrons. The Kier molecular flexibility index (Phi) is 5.88. The number of hydrogen-bond donors (Lipinski definition) is 0. The first-order chi connectivity index (χ1) is 14.6. The molecule has 0 saturated heterocycles. The van der Waals surface area contributed by atoms with Gasteiger partial charge < -0.3 is 9.47 Å². The van der Waals surface area contributed by atoms with Gasteiger partial charge >= 0.3 is 0 Å². The summed E-state index contributed by atoms with van der Waals surface area (Å²) in [6.07, 6.45) is 6.60. The van der Waals surface area contributed by atoms with Crippen LogP contribution in [0, 0.1) is 6.92 Å². The van der Waals surface area contributed by atoms with Gasteiger partial charge in [-0.2, -0.15) is 0 Å². The summed E-state index contributed by atoms with van der Waals surface area (Å²) in [7, 11) is 3.30. The van der Waals surface area contributed by atoms with Gasteiger partial charge in [-0.25, -0.2) is 9.13 Å². The number of imidazole rings is 1. The van der Waals surface area contributed by atoms with Crippen molar-refractivity contribution in [2.75, 3.05) is 14.2 Å². The van der Waals surface area contributed by atoms with Crippen molar-refractivity contribution < 1.29 is 18.8 Å². The van der Waals surface area contributed by atoms with Gasteiger partial charge in [-0.1, -0.05) is 29.8 Å². The minimum atomic E-state index is 0.136. The fourth-order valence-electron chi connectivity index (χ4n) is 4.19. The number of rotatable bonds is 6. The van der Waals surface area contributed by atoms with Crippen LogP contribution in [0.25, 0.3) is 11.3 Å². The zero-order valence-electron chi connectivity index (χ0n) is 18.0. The summed E-state index contributed by atoms with van der Waals surface area (Å²) in [5.41, 5.74) is 4.10. The lowest BCUT2D eigenvalue weighted by atomic mass is 10.1. The second kappa shape index (κ2) is 8.74. The first kappa shape index (κ1) is 20.2. The van der Waals surface area contributed by atoms with Gasteiger partial charge in [0.05, 0.1) is 20.8 Å². The maximum Gasteiger partial charge on any atom is 0.257 e. The monoisotopic (exact) mass is 405 g/mol. The molecule has 0 spiro atoms. The molecule has 4 rings (SSSR count). The molecular formula is C25H29N2O3+. The summed E-state index contributed by atoms with van der Waals surface area (Å²) in [5.74, 6) is 2.78. The van der Waals surface area contributed by atoms with E-state index < -0.39 is 0 Å². The Hall–Kier alpha value is -3.08. The second-order valence-corrected chi connectivity index (χ2v) is 7.88. The van der Waals surface area contributed by atoms with E-state index >= 15 is 0 Å². The molecule has 0 saturated carbocycles. The minimum absolute atomic E-state index is 0.136. The quantitative estimate of drug-likeness (QED) is 0.452. The molecule has 0 N–H and O–H groups in total. The van der Waals surface area contributed by atoms with Crippen LogP contribution in [0.4, 0.5) is 0 Å². The Morgan fingerprint density at radius 2 is 1.77 bits per heavy atom. The molecule has 3 aromatic rings. The van der Waals surface area contributed by atoms with Gasteiger partial charge in [0.25, 0.3) is 5.82 Å². The van der Waals surface area contributed by atoms with Gasteiger partial charge in [-0.05, 0) is 44.4 Å². The van der Waals surface area contributed by atoms with Crippen molar-refractivity contribution in [3.63, 3.8) is 0 Å². The Balaban J connectivity index is 1.73. The van der Waals surface area contributed by atoms with Crippen LogP contribution in [0.2, 0.25) is 0 Å². The molecule has 2 aromatic carbocycles. The molecule has 0 atom stereocenters. The fraction of sp³-hybridized carbons (Fsp3) is 0.360. The van der Waals surface area contributed by atoms with E-state index in [1.807, 2.05) is 43.3 Å². The molecule has 0 bridgehead atoms. The van der Waals surface area contributed by atoms with Gasteiger partial charge in [-0.3, -0.25) is 4.79 Å². The average molecular weight is 406 g/mol. The SMILES string of the molecule is COc1ccc(-c2c[n+](CC(=O)c3ccc(C)cc3)c3n2CCCCC3)cc1OC. The van der Waals surface area contributed by atoms with Crippen molar-refractivity contribution in [2.45, 2.75) is 45.7 Å². The van der Waals surface area contributed by atoms with Crippen molar-refractivity contribution in [1.82, 2.24) is 4.57 Å². The first-order valence-electron chi connectivity index (χ1n) is 10.5. The summed E-state index contributed by atoms with van der Waals surface area (Å²) >= 11 is 0. The molecule has 0 unspecified atom stereocenters. The van der Waals surface area contributed by atoms with Gasteiger partial charge in [-0.15, -0.1) is 0 Å². The molecular weight excluding hydrogens is 376 g/mol. The summed E-state index contributed by atoms with van der Waals surface area (Å²) in [4.78, 5) is 13.0. The third-order valence-electron chi connectivity index (χ3n) is 5.86. The Bertz CT molecular complexity index is 1050. The molecule has 1 aromatic heterocycles. The highest BCUT2D eigenvalue weighted by Gasteiger charge is 2.27. The molecule has 5 nitrogen and oxygen atoms in total. The van der Waals surface area contributed by atoms with Crippen LogP contribution in [-0.4, -0.2) is 24.6 Å². The number of Topliss-reactive ketones (excluding diaryl/α,β-unsaturated/α-hetero) is 1. The Morgan fingerprint density at radius 3 is 2.50 bits per heavy atom. The number of hydrogen-bond acceptors (Lipinski definition) is 3. The summed E-state index contributed by atoms with van der Waals surface area (Å²) < 4.78 is 15.4. The highest BCUT2D eigenvalue weighted by molar-refractivity contribution is 5.95. The van der Waals surface area contributed by atoms with Crippen molar-refractivity contribution in [3.8, 4) is 22.8 Å². The molecule has 30 heavy (non-hydrogen) atoms. The number of nitrogens with zero attached hydrogens (tertiary/aromatic N) is 2. The largest absolute Gasteiger partial charge is 0.493 e. The number of fused-ring (bicyclic) bond motifs is 1. The zero-order chi connectivity index (χ0) is 21.1. The number of carbonyl (C=O) groups excluding carboxylic acids is 1. The lowest BCUT2D eigenvalue weighted by molar-refractivity contribution is -0.690. The van der Waals surface area contributed by atoms with Crippen LogP contribution < -0.4 is 14.0 Å². The third-order valence-corrected chi connectivity index (χ3v) is 5.86. The number of carbonyl (C=O) groups is 1. The highest BCUT2D eigenvalue weighted by Crippen LogP contribution is 2.33. The normalized spacial score (nSPS) is 13.4. The van der Waals surface area contributed by atoms with Crippen molar-refractivity contribution in [3.05, 3.63) is 65.6 Å². The predicted octanol–water partition coefficient (Wildman–Crippen LogP) is 4.38. The van der Waals surface area contributed by atoms with E-state index in [4.69, 9.17) is 9.47 Å². The molecule has 0 amide bonds. The highest BCUT2D eigenvalue weighted by atomic mass is 16.5. The van der Waals surface area contributed by atoms with E-state index in [0.717, 1.165) is 48.2 Å². The van der Waals surface area contributed by atoms with E-state index in [1.54, 1.807) is 14.2 Å². The standard InChI is InChI=1S/C25H29N2O3/c1-18-8-10-19(11-9-18)22(28)17-26-16-21(27-14-6-4-5-7-25(26)27)20-12-13-23(29-2)24(15-20)30-3/h8-13,15-16H,4-7,14,17H2,1-3H3/q+1. The Morgan fingerprint density at radius 1 is 1.00 bits per heavy atom. The van der Waals surface area contributed by atoms with E-state index in [1.165, 1.54) is 12.2 Å². The van der Waals surface area contributed by atoms with Crippen LogP contribution in [-0.2, 0) is 19.5 Å². The van der Waals surface area contributed by atoms with E-state index in [2.05, 4.69) is 21.4 Å². The van der Waals surface area contributed by atoms with E-state index in [0.29, 0.717) is 18.0 Å². The predicted molar refractivity (Wildman–Crippen MR) is 116 cm³/mol. The molecule has 0 fully saturated rings. The zero-order valence-corrected chi connectivity index (χ0v) is 18.0. The van der Waals surface area contributed by atoms with Gasteiger partial charge in [0, 0.05) is 17.5 Å². The topological polar surface area (TPSA) is 44.3 Å². The van der Waals surface area contributed by atoms with Crippen molar-refractivity contribution in [1.29, 1.82) is 0 Å². The maximum absolute atomic E-state index is 13.0. The number of aromatic nitrogens is 2. The second-order valence-electron chi connectivity index (χ2n) is 7.88. The van der Waals surface area contributed by atoms with Gasteiger partial charge in [0.15, 0.2) is 23.7 Å². The summed E-state index contributed by atoms with van der Waals surface area (Å²) in [6, 6.07) is 13.8. The number of benzene rings is 2. The van der Waals surface area contributed by atoms with Gasteiger partial charge in [0.2, 0.25) is 5.78 Å². The molecule has 1 aliphatic rings. The van der Waals surface area contributed by atoms with Gasteiger partial charge in [0.1, 0.15) is 6.20 Å². The third kappa shape index (κ3) is 3.97. The van der Waals surface area contributed by atoms with Crippen LogP contribution in [0.3, 0.4) is 0 Å². The number of ketones is 1. The summed E-state index contributed by atoms with van der Waals surface area (Å²) in [5, 5.41) is 0. The maximum atomic E-state index is 13.0.